The Labute approximate surface area is 185 Å². The second-order valence-corrected chi connectivity index (χ2v) is 7.32. The first-order chi connectivity index (χ1) is 15.8. The van der Waals surface area contributed by atoms with Crippen LogP contribution >= 0.6 is 0 Å². The predicted molar refractivity (Wildman–Crippen MR) is 116 cm³/mol. The van der Waals surface area contributed by atoms with Gasteiger partial charge in [-0.15, -0.1) is 0 Å². The number of aromatic nitrogens is 3. The summed E-state index contributed by atoms with van der Waals surface area (Å²) in [6, 6.07) is 10.7. The van der Waals surface area contributed by atoms with E-state index < -0.39 is 35.8 Å². The number of nitrogens with zero attached hydrogens (tertiary/aromatic N) is 1. The number of carboxylic acids is 1. The van der Waals surface area contributed by atoms with Gasteiger partial charge in [-0.1, -0.05) is 6.07 Å². The first-order valence-corrected chi connectivity index (χ1v) is 9.91. The van der Waals surface area contributed by atoms with Crippen LogP contribution in [-0.2, 0) is 9.59 Å². The van der Waals surface area contributed by atoms with Crippen LogP contribution in [0.1, 0.15) is 6.42 Å². The molecule has 1 amide bonds. The molecule has 0 bridgehead atoms. The van der Waals surface area contributed by atoms with Crippen LogP contribution in [0.5, 0.6) is 5.75 Å². The molecule has 0 saturated carbocycles. The number of imidazole rings is 1. The summed E-state index contributed by atoms with van der Waals surface area (Å²) in [5.41, 5.74) is 1.19. The van der Waals surface area contributed by atoms with Crippen LogP contribution in [-0.4, -0.2) is 56.3 Å². The number of pyridine rings is 1. The first-order valence-electron chi connectivity index (χ1n) is 9.91. The fourth-order valence-electron chi connectivity index (χ4n) is 3.28. The maximum Gasteiger partial charge on any atom is 0.306 e. The van der Waals surface area contributed by atoms with Gasteiger partial charge in [0.2, 0.25) is 0 Å². The Kier molecular flexibility index (Phi) is 6.05. The van der Waals surface area contributed by atoms with Gasteiger partial charge in [-0.25, -0.2) is 9.37 Å². The van der Waals surface area contributed by atoms with Crippen LogP contribution in [0, 0.1) is 5.82 Å². The fourth-order valence-corrected chi connectivity index (χ4v) is 3.28. The number of benzene rings is 2. The Balaban J connectivity index is 1.48. The number of aliphatic hydroxyl groups excluding tert-OH is 1. The second kappa shape index (κ2) is 9.09. The Bertz CT molecular complexity index is 1410. The monoisotopic (exact) mass is 454 g/mol. The smallest absolute Gasteiger partial charge is 0.306 e. The van der Waals surface area contributed by atoms with Crippen molar-refractivity contribution in [3.05, 3.63) is 58.6 Å². The normalized spacial score (nSPS) is 12.1. The van der Waals surface area contributed by atoms with Gasteiger partial charge in [-0.3, -0.25) is 14.4 Å². The number of halogens is 1. The fraction of sp³-hybridized carbons (Fsp3) is 0.182. The maximum absolute atomic E-state index is 14.1. The van der Waals surface area contributed by atoms with Crippen molar-refractivity contribution in [2.24, 2.45) is 0 Å². The molecular weight excluding hydrogens is 435 g/mol. The van der Waals surface area contributed by atoms with Crippen molar-refractivity contribution in [1.29, 1.82) is 0 Å². The third-order valence-electron chi connectivity index (χ3n) is 4.86. The number of hydrogen-bond donors (Lipinski definition) is 5. The number of carboxylic acid groups (broad SMARTS) is 1. The summed E-state index contributed by atoms with van der Waals surface area (Å²) in [6.07, 6.45) is -1.68. The lowest BCUT2D eigenvalue weighted by Gasteiger charge is -2.10. The largest absolute Gasteiger partial charge is 0.484 e. The molecule has 1 unspecified atom stereocenters. The number of nitrogens with one attached hydrogen (secondary N) is 3. The number of fused-ring (bicyclic) bond motifs is 2. The van der Waals surface area contributed by atoms with Gasteiger partial charge < -0.3 is 30.2 Å². The Morgan fingerprint density at radius 1 is 1.15 bits per heavy atom. The number of hydrogen-bond acceptors (Lipinski definition) is 6. The molecule has 4 rings (SSSR count). The zero-order chi connectivity index (χ0) is 23.5. The van der Waals surface area contributed by atoms with Crippen molar-refractivity contribution in [2.45, 2.75) is 12.5 Å². The molecule has 0 fully saturated rings. The van der Waals surface area contributed by atoms with Crippen molar-refractivity contribution < 1.29 is 28.9 Å². The highest BCUT2D eigenvalue weighted by Crippen LogP contribution is 2.24. The number of aromatic amines is 2. The molecule has 0 aliphatic heterocycles. The molecule has 11 heteroatoms. The van der Waals surface area contributed by atoms with Crippen LogP contribution in [0.2, 0.25) is 0 Å². The van der Waals surface area contributed by atoms with Gasteiger partial charge in [0.15, 0.2) is 6.61 Å². The number of aliphatic hydroxyl groups is 1. The van der Waals surface area contributed by atoms with Crippen LogP contribution in [0.15, 0.2) is 47.3 Å². The van der Waals surface area contributed by atoms with Crippen molar-refractivity contribution >= 4 is 33.8 Å². The second-order valence-electron chi connectivity index (χ2n) is 7.32. The molecule has 0 saturated heterocycles. The number of amides is 1. The third-order valence-corrected chi connectivity index (χ3v) is 4.86. The molecule has 0 aliphatic rings. The summed E-state index contributed by atoms with van der Waals surface area (Å²) in [5.74, 6) is -1.58. The summed E-state index contributed by atoms with van der Waals surface area (Å²) < 4.78 is 19.6. The maximum atomic E-state index is 14.1. The topological polar surface area (TPSA) is 157 Å². The van der Waals surface area contributed by atoms with Crippen molar-refractivity contribution in [1.82, 2.24) is 20.3 Å². The standard InChI is InChI=1S/C22H19FN4O6/c23-15-2-1-3-16-13(15)8-14(22(32)27-16)21-25-17-5-4-12(7-18(17)26-21)33-10-19(29)24-9-11(28)6-20(30)31/h1-5,7-8,11,28H,6,9-10H2,(H,24,29)(H,25,26)(H,27,32)(H,30,31). The number of carbonyl (C=O) groups is 2. The summed E-state index contributed by atoms with van der Waals surface area (Å²) in [6.45, 7) is -0.561. The zero-order valence-corrected chi connectivity index (χ0v) is 17.1. The van der Waals surface area contributed by atoms with Crippen molar-refractivity contribution in [2.75, 3.05) is 13.2 Å². The van der Waals surface area contributed by atoms with E-state index in [4.69, 9.17) is 9.84 Å². The molecule has 2 aromatic carbocycles. The van der Waals surface area contributed by atoms with Crippen LogP contribution in [0.25, 0.3) is 33.3 Å². The number of H-pyrrole nitrogens is 2. The Morgan fingerprint density at radius 3 is 2.76 bits per heavy atom. The molecular formula is C22H19FN4O6. The van der Waals surface area contributed by atoms with Gasteiger partial charge in [0.05, 0.1) is 34.6 Å². The Morgan fingerprint density at radius 2 is 1.97 bits per heavy atom. The summed E-state index contributed by atoms with van der Waals surface area (Å²) in [5, 5.41) is 20.7. The predicted octanol–water partition coefficient (Wildman–Crippen LogP) is 1.54. The lowest BCUT2D eigenvalue weighted by molar-refractivity contribution is -0.139. The Hall–Kier alpha value is -4.25. The number of carbonyl (C=O) groups excluding carboxylic acids is 1. The van der Waals surface area contributed by atoms with Gasteiger partial charge in [0, 0.05) is 18.0 Å². The number of aliphatic carboxylic acids is 1. The number of ether oxygens (including phenoxy) is 1. The van der Waals surface area contributed by atoms with E-state index in [-0.39, 0.29) is 29.9 Å². The van der Waals surface area contributed by atoms with E-state index in [1.165, 1.54) is 18.2 Å². The molecule has 0 radical (unpaired) electrons. The van der Waals surface area contributed by atoms with Gasteiger partial charge in [-0.05, 0) is 30.3 Å². The van der Waals surface area contributed by atoms with Gasteiger partial charge in [0.25, 0.3) is 11.5 Å². The van der Waals surface area contributed by atoms with E-state index in [2.05, 4.69) is 20.3 Å². The van der Waals surface area contributed by atoms with Crippen LogP contribution in [0.3, 0.4) is 0 Å². The lowest BCUT2D eigenvalue weighted by atomic mass is 10.1. The highest BCUT2D eigenvalue weighted by atomic mass is 19.1. The van der Waals surface area contributed by atoms with E-state index in [9.17, 15) is 23.9 Å². The molecule has 0 spiro atoms. The minimum absolute atomic E-state index is 0.172. The molecule has 1 atom stereocenters. The molecule has 2 heterocycles. The highest BCUT2D eigenvalue weighted by molar-refractivity contribution is 5.85. The average Bonchev–Trinajstić information content (AvgIpc) is 3.18. The van der Waals surface area contributed by atoms with Gasteiger partial charge in [-0.2, -0.15) is 0 Å². The van der Waals surface area contributed by atoms with E-state index in [1.807, 2.05) is 0 Å². The van der Waals surface area contributed by atoms with Gasteiger partial charge in [0.1, 0.15) is 17.4 Å². The first kappa shape index (κ1) is 22.0. The van der Waals surface area contributed by atoms with Crippen LogP contribution < -0.4 is 15.6 Å². The molecule has 2 aromatic heterocycles. The molecule has 0 aliphatic carbocycles. The van der Waals surface area contributed by atoms with E-state index >= 15 is 0 Å². The minimum Gasteiger partial charge on any atom is -0.484 e. The molecule has 170 valence electrons. The summed E-state index contributed by atoms with van der Waals surface area (Å²) >= 11 is 0. The quantitative estimate of drug-likeness (QED) is 0.270. The molecule has 5 N–H and O–H groups in total. The number of rotatable bonds is 8. The van der Waals surface area contributed by atoms with Crippen LogP contribution in [0.4, 0.5) is 4.39 Å². The molecule has 33 heavy (non-hydrogen) atoms. The summed E-state index contributed by atoms with van der Waals surface area (Å²) in [7, 11) is 0. The summed E-state index contributed by atoms with van der Waals surface area (Å²) in [4.78, 5) is 44.9. The van der Waals surface area contributed by atoms with Crippen molar-refractivity contribution in [3.8, 4) is 17.1 Å². The lowest BCUT2D eigenvalue weighted by Crippen LogP contribution is -2.36. The minimum atomic E-state index is -1.20. The third kappa shape index (κ3) is 4.99. The van der Waals surface area contributed by atoms with Crippen molar-refractivity contribution in [3.63, 3.8) is 0 Å². The molecule has 4 aromatic rings. The van der Waals surface area contributed by atoms with E-state index in [1.54, 1.807) is 24.3 Å². The van der Waals surface area contributed by atoms with E-state index in [0.717, 1.165) is 0 Å². The average molecular weight is 454 g/mol. The molecule has 10 nitrogen and oxygen atoms in total. The highest BCUT2D eigenvalue weighted by Gasteiger charge is 2.14. The SMILES string of the molecule is O=C(O)CC(O)CNC(=O)COc1ccc2nc(-c3cc4c(F)cccc4[nH]c3=O)[nH]c2c1. The zero-order valence-electron chi connectivity index (χ0n) is 17.1. The van der Waals surface area contributed by atoms with Gasteiger partial charge >= 0.3 is 5.97 Å². The van der Waals surface area contributed by atoms with E-state index in [0.29, 0.717) is 22.3 Å².